The average Bonchev–Trinajstić information content (AvgIpc) is 3.00. The molecule has 3 heterocycles. The van der Waals surface area contributed by atoms with Crippen LogP contribution in [0.3, 0.4) is 0 Å². The van der Waals surface area contributed by atoms with Crippen molar-refractivity contribution in [2.24, 2.45) is 11.8 Å². The Morgan fingerprint density at radius 3 is 2.52 bits per heavy atom. The van der Waals surface area contributed by atoms with E-state index in [9.17, 15) is 5.11 Å². The SMILES string of the molecule is Cc1cnc(CN2C[C@H]3C[C@@H](Oc4ccc(C)nc4C)[C@H](O)C[C@H]3C2)cn1. The van der Waals surface area contributed by atoms with E-state index in [0.29, 0.717) is 11.8 Å². The standard InChI is InChI=1S/C21H28N4O2/c1-13-4-5-20(15(3)24-13)27-21-7-17-11-25(10-16(17)6-19(21)26)12-18-9-22-14(2)8-23-18/h4-5,8-9,16-17,19,21,26H,6-7,10-12H2,1-3H3/t16-,17+,19+,21+/m0/s1. The second-order valence-electron chi connectivity index (χ2n) is 8.09. The second kappa shape index (κ2) is 7.52. The van der Waals surface area contributed by atoms with Gasteiger partial charge >= 0.3 is 0 Å². The molecule has 1 N–H and O–H groups in total. The molecular weight excluding hydrogens is 340 g/mol. The van der Waals surface area contributed by atoms with Gasteiger partial charge in [-0.3, -0.25) is 19.9 Å². The largest absolute Gasteiger partial charge is 0.486 e. The Morgan fingerprint density at radius 2 is 1.81 bits per heavy atom. The van der Waals surface area contributed by atoms with Gasteiger partial charge < -0.3 is 9.84 Å². The zero-order valence-electron chi connectivity index (χ0n) is 16.3. The number of ether oxygens (including phenoxy) is 1. The highest BCUT2D eigenvalue weighted by molar-refractivity contribution is 5.28. The van der Waals surface area contributed by atoms with Gasteiger partial charge in [0, 0.05) is 37.7 Å². The summed E-state index contributed by atoms with van der Waals surface area (Å²) in [5.41, 5.74) is 3.82. The number of pyridine rings is 1. The summed E-state index contributed by atoms with van der Waals surface area (Å²) in [5.74, 6) is 1.86. The number of aliphatic hydroxyl groups is 1. The van der Waals surface area contributed by atoms with E-state index in [1.807, 2.05) is 45.3 Å². The Labute approximate surface area is 160 Å². The van der Waals surface area contributed by atoms with Crippen molar-refractivity contribution in [3.05, 3.63) is 47.3 Å². The molecule has 6 nitrogen and oxygen atoms in total. The van der Waals surface area contributed by atoms with Gasteiger partial charge in [-0.25, -0.2) is 0 Å². The maximum Gasteiger partial charge on any atom is 0.141 e. The topological polar surface area (TPSA) is 71.4 Å². The van der Waals surface area contributed by atoms with Crippen LogP contribution in [0.15, 0.2) is 24.5 Å². The quantitative estimate of drug-likeness (QED) is 0.894. The van der Waals surface area contributed by atoms with E-state index in [0.717, 1.165) is 61.0 Å². The molecule has 2 aromatic rings. The van der Waals surface area contributed by atoms with Crippen LogP contribution in [0.4, 0.5) is 0 Å². The van der Waals surface area contributed by atoms with E-state index in [1.165, 1.54) is 0 Å². The molecule has 0 aromatic carbocycles. The minimum Gasteiger partial charge on any atom is -0.486 e. The summed E-state index contributed by atoms with van der Waals surface area (Å²) >= 11 is 0. The van der Waals surface area contributed by atoms with E-state index >= 15 is 0 Å². The van der Waals surface area contributed by atoms with Gasteiger partial charge in [0.2, 0.25) is 0 Å². The van der Waals surface area contributed by atoms with Crippen molar-refractivity contribution in [1.29, 1.82) is 0 Å². The van der Waals surface area contributed by atoms with Crippen molar-refractivity contribution in [2.75, 3.05) is 13.1 Å². The van der Waals surface area contributed by atoms with Crippen molar-refractivity contribution < 1.29 is 9.84 Å². The molecule has 4 atom stereocenters. The number of aryl methyl sites for hydroxylation is 3. The van der Waals surface area contributed by atoms with Gasteiger partial charge in [0.15, 0.2) is 0 Å². The van der Waals surface area contributed by atoms with Crippen LogP contribution in [0.25, 0.3) is 0 Å². The number of aromatic nitrogens is 3. The average molecular weight is 368 g/mol. The highest BCUT2D eigenvalue weighted by atomic mass is 16.5. The monoisotopic (exact) mass is 368 g/mol. The van der Waals surface area contributed by atoms with Crippen LogP contribution >= 0.6 is 0 Å². The lowest BCUT2D eigenvalue weighted by Gasteiger charge is -2.35. The summed E-state index contributed by atoms with van der Waals surface area (Å²) in [5, 5.41) is 10.6. The first-order valence-corrected chi connectivity index (χ1v) is 9.77. The third-order valence-electron chi connectivity index (χ3n) is 5.84. The van der Waals surface area contributed by atoms with Gasteiger partial charge in [-0.2, -0.15) is 0 Å². The summed E-state index contributed by atoms with van der Waals surface area (Å²) in [4.78, 5) is 15.7. The van der Waals surface area contributed by atoms with Gasteiger partial charge in [-0.1, -0.05) is 0 Å². The molecule has 2 fully saturated rings. The zero-order valence-corrected chi connectivity index (χ0v) is 16.3. The van der Waals surface area contributed by atoms with Crippen LogP contribution in [0.1, 0.15) is 35.6 Å². The molecule has 1 aliphatic heterocycles. The van der Waals surface area contributed by atoms with Crippen LogP contribution in [0, 0.1) is 32.6 Å². The van der Waals surface area contributed by atoms with E-state index in [2.05, 4.69) is 19.9 Å². The number of fused-ring (bicyclic) bond motifs is 1. The van der Waals surface area contributed by atoms with Crippen LogP contribution in [0.2, 0.25) is 0 Å². The molecule has 2 aliphatic rings. The molecule has 27 heavy (non-hydrogen) atoms. The van der Waals surface area contributed by atoms with Crippen molar-refractivity contribution in [3.8, 4) is 5.75 Å². The fourth-order valence-corrected chi connectivity index (χ4v) is 4.43. The number of hydrogen-bond acceptors (Lipinski definition) is 6. The lowest BCUT2D eigenvalue weighted by Crippen LogP contribution is -2.42. The molecule has 0 amide bonds. The smallest absolute Gasteiger partial charge is 0.141 e. The number of aliphatic hydroxyl groups excluding tert-OH is 1. The molecular formula is C21H28N4O2. The molecule has 6 heteroatoms. The molecule has 0 bridgehead atoms. The Morgan fingerprint density at radius 1 is 1.04 bits per heavy atom. The molecule has 2 aromatic heterocycles. The third kappa shape index (κ3) is 4.12. The first-order valence-electron chi connectivity index (χ1n) is 9.77. The third-order valence-corrected chi connectivity index (χ3v) is 5.84. The second-order valence-corrected chi connectivity index (χ2v) is 8.09. The Bertz CT molecular complexity index is 795. The molecule has 144 valence electrons. The van der Waals surface area contributed by atoms with Gasteiger partial charge in [-0.15, -0.1) is 0 Å². The molecule has 0 unspecified atom stereocenters. The summed E-state index contributed by atoms with van der Waals surface area (Å²) in [7, 11) is 0. The van der Waals surface area contributed by atoms with Crippen molar-refractivity contribution in [2.45, 2.75) is 52.4 Å². The van der Waals surface area contributed by atoms with Crippen LogP contribution in [0.5, 0.6) is 5.75 Å². The number of nitrogens with zero attached hydrogens (tertiary/aromatic N) is 4. The number of hydrogen-bond donors (Lipinski definition) is 1. The highest BCUT2D eigenvalue weighted by Crippen LogP contribution is 2.38. The Hall–Kier alpha value is -2.05. The van der Waals surface area contributed by atoms with Crippen molar-refractivity contribution >= 4 is 0 Å². The first-order chi connectivity index (χ1) is 13.0. The van der Waals surface area contributed by atoms with Gasteiger partial charge in [0.25, 0.3) is 0 Å². The molecule has 4 rings (SSSR count). The maximum absolute atomic E-state index is 10.6. The zero-order chi connectivity index (χ0) is 19.0. The fourth-order valence-electron chi connectivity index (χ4n) is 4.43. The van der Waals surface area contributed by atoms with Gasteiger partial charge in [-0.05, 0) is 57.6 Å². The minimum absolute atomic E-state index is 0.159. The summed E-state index contributed by atoms with van der Waals surface area (Å²) in [6.07, 6.45) is 4.79. The van der Waals surface area contributed by atoms with E-state index in [4.69, 9.17) is 4.74 Å². The first kappa shape index (κ1) is 18.3. The lowest BCUT2D eigenvalue weighted by atomic mass is 9.78. The van der Waals surface area contributed by atoms with E-state index in [1.54, 1.807) is 0 Å². The summed E-state index contributed by atoms with van der Waals surface area (Å²) < 4.78 is 6.17. The van der Waals surface area contributed by atoms with Gasteiger partial charge in [0.1, 0.15) is 11.9 Å². The Kier molecular flexibility index (Phi) is 5.10. The molecule has 1 saturated carbocycles. The fraction of sp³-hybridized carbons (Fsp3) is 0.571. The van der Waals surface area contributed by atoms with Crippen molar-refractivity contribution in [1.82, 2.24) is 19.9 Å². The predicted molar refractivity (Wildman–Crippen MR) is 102 cm³/mol. The van der Waals surface area contributed by atoms with E-state index in [-0.39, 0.29) is 6.10 Å². The van der Waals surface area contributed by atoms with Crippen LogP contribution in [-0.4, -0.2) is 50.3 Å². The summed E-state index contributed by atoms with van der Waals surface area (Å²) in [6.45, 7) is 8.74. The molecule has 1 aliphatic carbocycles. The van der Waals surface area contributed by atoms with E-state index < -0.39 is 6.10 Å². The van der Waals surface area contributed by atoms with Crippen LogP contribution in [-0.2, 0) is 6.54 Å². The summed E-state index contributed by atoms with van der Waals surface area (Å²) in [6, 6.07) is 3.92. The Balaban J connectivity index is 1.39. The highest BCUT2D eigenvalue weighted by Gasteiger charge is 2.42. The number of likely N-dealkylation sites (tertiary alicyclic amines) is 1. The number of rotatable bonds is 4. The molecule has 1 saturated heterocycles. The molecule has 0 radical (unpaired) electrons. The van der Waals surface area contributed by atoms with Crippen LogP contribution < -0.4 is 4.74 Å². The predicted octanol–water partition coefficient (Wildman–Crippen LogP) is 2.45. The maximum atomic E-state index is 10.6. The molecule has 0 spiro atoms. The van der Waals surface area contributed by atoms with Crippen molar-refractivity contribution in [3.63, 3.8) is 0 Å². The minimum atomic E-state index is -0.425. The normalized spacial score (nSPS) is 28.1. The van der Waals surface area contributed by atoms with Gasteiger partial charge in [0.05, 0.1) is 23.2 Å². The lowest BCUT2D eigenvalue weighted by molar-refractivity contribution is -0.0236.